The van der Waals surface area contributed by atoms with E-state index in [9.17, 15) is 5.11 Å². The molecule has 3 aliphatic rings. The highest BCUT2D eigenvalue weighted by Crippen LogP contribution is 2.87. The van der Waals surface area contributed by atoms with Gasteiger partial charge in [0.05, 0.1) is 5.76 Å². The van der Waals surface area contributed by atoms with Crippen molar-refractivity contribution in [1.29, 1.82) is 0 Å². The molecule has 2 saturated carbocycles. The lowest BCUT2D eigenvalue weighted by Crippen LogP contribution is -1.94. The van der Waals surface area contributed by atoms with Crippen LogP contribution in [0, 0.1) is 22.7 Å². The number of fused-ring (bicyclic) bond motifs is 3. The average Bonchev–Trinajstić information content (AvgIpc) is 2.82. The molecule has 0 aliphatic heterocycles. The van der Waals surface area contributed by atoms with E-state index in [-0.39, 0.29) is 0 Å². The third-order valence-corrected chi connectivity index (χ3v) is 4.53. The Hall–Kier alpha value is -0.720. The molecule has 0 amide bonds. The fourth-order valence-corrected chi connectivity index (χ4v) is 3.72. The second-order valence-electron chi connectivity index (χ2n) is 5.56. The van der Waals surface area contributed by atoms with E-state index in [0.717, 1.165) is 0 Å². The minimum Gasteiger partial charge on any atom is -0.512 e. The first kappa shape index (κ1) is 7.66. The zero-order chi connectivity index (χ0) is 9.43. The van der Waals surface area contributed by atoms with Crippen LogP contribution in [0.1, 0.15) is 27.2 Å². The summed E-state index contributed by atoms with van der Waals surface area (Å²) in [5.74, 6) is 1.75. The molecule has 0 heterocycles. The zero-order valence-electron chi connectivity index (χ0n) is 8.46. The van der Waals surface area contributed by atoms with Crippen LogP contribution in [0.25, 0.3) is 0 Å². The molecule has 1 nitrogen and oxygen atoms in total. The van der Waals surface area contributed by atoms with Crippen LogP contribution >= 0.6 is 0 Å². The third-order valence-electron chi connectivity index (χ3n) is 4.53. The van der Waals surface area contributed by atoms with Crippen molar-refractivity contribution in [2.45, 2.75) is 27.2 Å². The number of hydrogen-bond donors (Lipinski definition) is 1. The van der Waals surface area contributed by atoms with Crippen molar-refractivity contribution in [3.63, 3.8) is 0 Å². The van der Waals surface area contributed by atoms with Crippen molar-refractivity contribution < 1.29 is 5.11 Å². The molecule has 2 fully saturated rings. The first-order valence-electron chi connectivity index (χ1n) is 5.08. The molecule has 1 heteroatoms. The molecule has 0 aromatic heterocycles. The molecular weight excluding hydrogens is 160 g/mol. The van der Waals surface area contributed by atoms with E-state index in [2.05, 4.69) is 26.8 Å². The van der Waals surface area contributed by atoms with Gasteiger partial charge in [-0.25, -0.2) is 0 Å². The molecule has 1 spiro atoms. The van der Waals surface area contributed by atoms with Crippen molar-refractivity contribution in [2.75, 3.05) is 0 Å². The van der Waals surface area contributed by atoms with E-state index in [0.29, 0.717) is 28.4 Å². The predicted molar refractivity (Wildman–Crippen MR) is 52.3 cm³/mol. The van der Waals surface area contributed by atoms with E-state index in [1.165, 1.54) is 12.0 Å². The van der Waals surface area contributed by atoms with Crippen LogP contribution < -0.4 is 0 Å². The molecule has 3 aliphatic carbocycles. The lowest BCUT2D eigenvalue weighted by molar-refractivity contribution is 0.357. The van der Waals surface area contributed by atoms with Crippen LogP contribution in [0.4, 0.5) is 0 Å². The summed E-state index contributed by atoms with van der Waals surface area (Å²) in [4.78, 5) is 0. The molecule has 3 atom stereocenters. The highest BCUT2D eigenvalue weighted by atomic mass is 16.3. The van der Waals surface area contributed by atoms with Gasteiger partial charge in [0.25, 0.3) is 0 Å². The van der Waals surface area contributed by atoms with Gasteiger partial charge in [-0.2, -0.15) is 0 Å². The minimum atomic E-state index is 0.449. The molecular formula is C12H16O. The maximum Gasteiger partial charge on any atom is 0.0965 e. The van der Waals surface area contributed by atoms with E-state index in [4.69, 9.17) is 0 Å². The Morgan fingerprint density at radius 1 is 1.31 bits per heavy atom. The van der Waals surface area contributed by atoms with E-state index in [1.54, 1.807) is 0 Å². The summed E-state index contributed by atoms with van der Waals surface area (Å²) < 4.78 is 0. The Labute approximate surface area is 79.2 Å². The van der Waals surface area contributed by atoms with Gasteiger partial charge in [-0.3, -0.25) is 0 Å². The van der Waals surface area contributed by atoms with Crippen molar-refractivity contribution >= 4 is 0 Å². The van der Waals surface area contributed by atoms with Gasteiger partial charge in [0.1, 0.15) is 0 Å². The van der Waals surface area contributed by atoms with Crippen LogP contribution in [0.3, 0.4) is 0 Å². The van der Waals surface area contributed by atoms with Crippen LogP contribution in [0.5, 0.6) is 0 Å². The fourth-order valence-electron chi connectivity index (χ4n) is 3.72. The maximum atomic E-state index is 9.76. The van der Waals surface area contributed by atoms with Crippen molar-refractivity contribution in [2.24, 2.45) is 22.7 Å². The summed E-state index contributed by atoms with van der Waals surface area (Å²) in [6, 6.07) is 0. The quantitative estimate of drug-likeness (QED) is 0.601. The molecule has 0 aromatic carbocycles. The van der Waals surface area contributed by atoms with E-state index in [1.807, 2.05) is 6.08 Å². The summed E-state index contributed by atoms with van der Waals surface area (Å²) in [7, 11) is 0. The minimum absolute atomic E-state index is 0.449. The SMILES string of the molecule is CC1=CC=C(O)C2C1C21CC1(C)C. The molecule has 3 rings (SSSR count). The summed E-state index contributed by atoms with van der Waals surface area (Å²) in [6.07, 6.45) is 5.26. The van der Waals surface area contributed by atoms with Crippen LogP contribution in [-0.4, -0.2) is 5.11 Å². The standard InChI is InChI=1S/C12H16O/c1-7-4-5-8(13)10-9(7)12(10)6-11(12,2)3/h4-5,9-10,13H,6H2,1-3H3. The first-order chi connectivity index (χ1) is 6.01. The predicted octanol–water partition coefficient (Wildman–Crippen LogP) is 3.05. The molecule has 0 bridgehead atoms. The van der Waals surface area contributed by atoms with E-state index >= 15 is 0 Å². The molecule has 3 unspecified atom stereocenters. The van der Waals surface area contributed by atoms with Crippen LogP contribution in [0.2, 0.25) is 0 Å². The number of allylic oxidation sites excluding steroid dienone is 4. The van der Waals surface area contributed by atoms with E-state index < -0.39 is 0 Å². The van der Waals surface area contributed by atoms with Crippen LogP contribution in [-0.2, 0) is 0 Å². The van der Waals surface area contributed by atoms with Gasteiger partial charge in [-0.05, 0) is 36.2 Å². The second-order valence-corrected chi connectivity index (χ2v) is 5.56. The largest absolute Gasteiger partial charge is 0.512 e. The zero-order valence-corrected chi connectivity index (χ0v) is 8.46. The molecule has 0 aromatic rings. The number of rotatable bonds is 0. The topological polar surface area (TPSA) is 20.2 Å². The summed E-state index contributed by atoms with van der Waals surface area (Å²) in [5.41, 5.74) is 2.38. The molecule has 1 N–H and O–H groups in total. The second kappa shape index (κ2) is 1.73. The van der Waals surface area contributed by atoms with Gasteiger partial charge in [0.2, 0.25) is 0 Å². The molecule has 0 radical (unpaired) electrons. The number of hydrogen-bond acceptors (Lipinski definition) is 1. The van der Waals surface area contributed by atoms with Gasteiger partial charge in [0, 0.05) is 5.92 Å². The highest BCUT2D eigenvalue weighted by Gasteiger charge is 2.83. The lowest BCUT2D eigenvalue weighted by atomic mass is 10.0. The molecule has 13 heavy (non-hydrogen) atoms. The lowest BCUT2D eigenvalue weighted by Gasteiger charge is -2.03. The Kier molecular flexibility index (Phi) is 1.02. The Balaban J connectivity index is 2.03. The van der Waals surface area contributed by atoms with Gasteiger partial charge in [0.15, 0.2) is 0 Å². The van der Waals surface area contributed by atoms with Gasteiger partial charge in [-0.15, -0.1) is 0 Å². The monoisotopic (exact) mass is 176 g/mol. The van der Waals surface area contributed by atoms with Gasteiger partial charge >= 0.3 is 0 Å². The van der Waals surface area contributed by atoms with Crippen LogP contribution in [0.15, 0.2) is 23.5 Å². The van der Waals surface area contributed by atoms with Gasteiger partial charge in [-0.1, -0.05) is 25.5 Å². The summed E-state index contributed by atoms with van der Waals surface area (Å²) in [6.45, 7) is 6.85. The fraction of sp³-hybridized carbons (Fsp3) is 0.667. The molecule has 0 saturated heterocycles. The summed E-state index contributed by atoms with van der Waals surface area (Å²) >= 11 is 0. The molecule has 70 valence electrons. The smallest absolute Gasteiger partial charge is 0.0965 e. The first-order valence-corrected chi connectivity index (χ1v) is 5.08. The Morgan fingerprint density at radius 3 is 2.38 bits per heavy atom. The Morgan fingerprint density at radius 2 is 1.92 bits per heavy atom. The summed E-state index contributed by atoms with van der Waals surface area (Å²) in [5, 5.41) is 9.76. The van der Waals surface area contributed by atoms with Crippen molar-refractivity contribution in [3.8, 4) is 0 Å². The maximum absolute atomic E-state index is 9.76. The van der Waals surface area contributed by atoms with Crippen molar-refractivity contribution in [1.82, 2.24) is 0 Å². The van der Waals surface area contributed by atoms with Gasteiger partial charge < -0.3 is 5.11 Å². The Bertz CT molecular complexity index is 322. The highest BCUT2D eigenvalue weighted by molar-refractivity contribution is 5.46. The number of aliphatic hydroxyl groups is 1. The normalized spacial score (nSPS) is 49.5. The number of aliphatic hydroxyl groups excluding tert-OH is 1. The average molecular weight is 176 g/mol. The third kappa shape index (κ3) is 0.630. The van der Waals surface area contributed by atoms with Crippen molar-refractivity contribution in [3.05, 3.63) is 23.5 Å².